The van der Waals surface area contributed by atoms with Crippen molar-refractivity contribution in [1.29, 1.82) is 0 Å². The SMILES string of the molecule is CC(=O)C1C(=O)C(=O)N(CC[NH+]2CC[NH2+]CC2)C1c1ccc(F)cc1. The van der Waals surface area contributed by atoms with Crippen LogP contribution in [0.1, 0.15) is 18.5 Å². The number of nitrogens with zero attached hydrogens (tertiary/aromatic N) is 1. The Kier molecular flexibility index (Phi) is 5.24. The quantitative estimate of drug-likeness (QED) is 0.474. The van der Waals surface area contributed by atoms with Gasteiger partial charge in [-0.25, -0.2) is 4.39 Å². The van der Waals surface area contributed by atoms with E-state index in [-0.39, 0.29) is 11.6 Å². The molecule has 1 aromatic rings. The highest BCUT2D eigenvalue weighted by Crippen LogP contribution is 2.36. The summed E-state index contributed by atoms with van der Waals surface area (Å²) in [6, 6.07) is 5.07. The number of carbonyl (C=O) groups excluding carboxylic acids is 3. The highest BCUT2D eigenvalue weighted by atomic mass is 19.1. The summed E-state index contributed by atoms with van der Waals surface area (Å²) >= 11 is 0. The Morgan fingerprint density at radius 3 is 2.48 bits per heavy atom. The summed E-state index contributed by atoms with van der Waals surface area (Å²) < 4.78 is 13.3. The highest BCUT2D eigenvalue weighted by Gasteiger charge is 2.50. The molecule has 25 heavy (non-hydrogen) atoms. The summed E-state index contributed by atoms with van der Waals surface area (Å²) in [4.78, 5) is 39.8. The Morgan fingerprint density at radius 1 is 1.24 bits per heavy atom. The van der Waals surface area contributed by atoms with E-state index in [0.717, 1.165) is 32.7 Å². The van der Waals surface area contributed by atoms with Gasteiger partial charge in [0.05, 0.1) is 19.1 Å². The van der Waals surface area contributed by atoms with Gasteiger partial charge in [-0.3, -0.25) is 14.4 Å². The number of nitrogens with two attached hydrogens (primary N) is 1. The van der Waals surface area contributed by atoms with E-state index >= 15 is 0 Å². The normalized spacial score (nSPS) is 24.8. The number of Topliss-reactive ketones (excluding diaryl/α,β-unsaturated/α-hetero) is 2. The van der Waals surface area contributed by atoms with Crippen LogP contribution in [0.15, 0.2) is 24.3 Å². The van der Waals surface area contributed by atoms with E-state index in [4.69, 9.17) is 0 Å². The second-order valence-corrected chi connectivity index (χ2v) is 6.81. The average molecular weight is 349 g/mol. The summed E-state index contributed by atoms with van der Waals surface area (Å²) in [7, 11) is 0. The molecule has 2 saturated heterocycles. The van der Waals surface area contributed by atoms with E-state index in [1.54, 1.807) is 12.1 Å². The molecule has 0 bridgehead atoms. The Morgan fingerprint density at radius 2 is 1.88 bits per heavy atom. The van der Waals surface area contributed by atoms with Crippen molar-refractivity contribution in [3.63, 3.8) is 0 Å². The molecule has 3 N–H and O–H groups in total. The van der Waals surface area contributed by atoms with Crippen molar-refractivity contribution in [2.45, 2.75) is 13.0 Å². The molecule has 2 heterocycles. The lowest BCUT2D eigenvalue weighted by Crippen LogP contribution is -3.20. The topological polar surface area (TPSA) is 75.5 Å². The molecule has 0 spiro atoms. The standard InChI is InChI=1S/C18H22FN3O3/c1-12(23)15-16(13-2-4-14(19)5-3-13)22(18(25)17(15)24)11-10-21-8-6-20-7-9-21/h2-5,15-16,20H,6-11H2,1H3/p+2. The third kappa shape index (κ3) is 3.62. The van der Waals surface area contributed by atoms with E-state index < -0.39 is 23.7 Å². The summed E-state index contributed by atoms with van der Waals surface area (Å²) in [5, 5.41) is 2.27. The number of carbonyl (C=O) groups is 3. The maximum Gasteiger partial charge on any atom is 0.291 e. The number of halogens is 1. The molecular weight excluding hydrogens is 325 g/mol. The van der Waals surface area contributed by atoms with Crippen LogP contribution in [0.3, 0.4) is 0 Å². The fourth-order valence-electron chi connectivity index (χ4n) is 3.81. The first-order chi connectivity index (χ1) is 12.0. The maximum atomic E-state index is 13.3. The number of benzene rings is 1. The van der Waals surface area contributed by atoms with Crippen molar-refractivity contribution in [3.8, 4) is 0 Å². The Bertz CT molecular complexity index is 671. The number of rotatable bonds is 5. The summed E-state index contributed by atoms with van der Waals surface area (Å²) in [6.45, 7) is 6.66. The third-order valence-electron chi connectivity index (χ3n) is 5.17. The number of likely N-dealkylation sites (tertiary alicyclic amines) is 1. The van der Waals surface area contributed by atoms with Gasteiger partial charge < -0.3 is 15.1 Å². The van der Waals surface area contributed by atoms with Gasteiger partial charge in [-0.05, 0) is 24.6 Å². The molecule has 2 unspecified atom stereocenters. The van der Waals surface area contributed by atoms with Crippen LogP contribution in [0, 0.1) is 11.7 Å². The molecular formula is C18H24FN3O3+2. The minimum absolute atomic E-state index is 0.324. The molecule has 6 nitrogen and oxygen atoms in total. The molecule has 1 amide bonds. The van der Waals surface area contributed by atoms with Gasteiger partial charge in [0.2, 0.25) is 5.78 Å². The molecule has 0 radical (unpaired) electrons. The van der Waals surface area contributed by atoms with Crippen LogP contribution in [0.25, 0.3) is 0 Å². The van der Waals surface area contributed by atoms with E-state index in [9.17, 15) is 18.8 Å². The molecule has 7 heteroatoms. The molecule has 2 aliphatic rings. The number of nitrogens with one attached hydrogen (secondary N) is 1. The molecule has 0 saturated carbocycles. The second-order valence-electron chi connectivity index (χ2n) is 6.81. The lowest BCUT2D eigenvalue weighted by molar-refractivity contribution is -0.946. The van der Waals surface area contributed by atoms with Crippen LogP contribution in [0.2, 0.25) is 0 Å². The molecule has 0 aliphatic carbocycles. The van der Waals surface area contributed by atoms with Gasteiger partial charge in [-0.2, -0.15) is 0 Å². The number of quaternary nitrogens is 2. The number of hydrogen-bond acceptors (Lipinski definition) is 3. The number of hydrogen-bond donors (Lipinski definition) is 2. The van der Waals surface area contributed by atoms with Crippen LogP contribution in [0.5, 0.6) is 0 Å². The van der Waals surface area contributed by atoms with Crippen molar-refractivity contribution in [1.82, 2.24) is 4.90 Å². The molecule has 2 aliphatic heterocycles. The molecule has 3 rings (SSSR count). The van der Waals surface area contributed by atoms with Crippen molar-refractivity contribution < 1.29 is 29.0 Å². The van der Waals surface area contributed by atoms with Gasteiger partial charge in [-0.15, -0.1) is 0 Å². The van der Waals surface area contributed by atoms with Crippen molar-refractivity contribution in [2.24, 2.45) is 5.92 Å². The maximum absolute atomic E-state index is 13.3. The zero-order chi connectivity index (χ0) is 18.0. The van der Waals surface area contributed by atoms with Gasteiger partial charge in [0.15, 0.2) is 0 Å². The van der Waals surface area contributed by atoms with Gasteiger partial charge in [-0.1, -0.05) is 12.1 Å². The van der Waals surface area contributed by atoms with Crippen molar-refractivity contribution in [3.05, 3.63) is 35.6 Å². The lowest BCUT2D eigenvalue weighted by Gasteiger charge is -2.29. The zero-order valence-corrected chi connectivity index (χ0v) is 14.3. The predicted molar refractivity (Wildman–Crippen MR) is 87.3 cm³/mol. The van der Waals surface area contributed by atoms with Crippen molar-refractivity contribution in [2.75, 3.05) is 39.3 Å². The van der Waals surface area contributed by atoms with Gasteiger partial charge in [0.1, 0.15) is 43.7 Å². The number of piperazine rings is 1. The molecule has 1 aromatic carbocycles. The predicted octanol–water partition coefficient (Wildman–Crippen LogP) is -2.05. The molecule has 2 fully saturated rings. The van der Waals surface area contributed by atoms with E-state index in [2.05, 4.69) is 5.32 Å². The first kappa shape index (κ1) is 17.7. The van der Waals surface area contributed by atoms with Crippen LogP contribution >= 0.6 is 0 Å². The summed E-state index contributed by atoms with van der Waals surface area (Å²) in [5.41, 5.74) is 0.628. The number of amides is 1. The molecule has 134 valence electrons. The fraction of sp³-hybridized carbons (Fsp3) is 0.500. The summed E-state index contributed by atoms with van der Waals surface area (Å²) in [5.74, 6) is -2.96. The molecule has 2 atom stereocenters. The Hall–Kier alpha value is -2.12. The zero-order valence-electron chi connectivity index (χ0n) is 14.3. The monoisotopic (exact) mass is 349 g/mol. The van der Waals surface area contributed by atoms with Crippen molar-refractivity contribution >= 4 is 17.5 Å². The smallest absolute Gasteiger partial charge is 0.291 e. The van der Waals surface area contributed by atoms with E-state index in [1.165, 1.54) is 28.9 Å². The minimum atomic E-state index is -0.998. The van der Waals surface area contributed by atoms with Crippen LogP contribution in [0.4, 0.5) is 4.39 Å². The first-order valence-corrected chi connectivity index (χ1v) is 8.75. The first-order valence-electron chi connectivity index (χ1n) is 8.75. The third-order valence-corrected chi connectivity index (χ3v) is 5.17. The lowest BCUT2D eigenvalue weighted by atomic mass is 9.90. The fourth-order valence-corrected chi connectivity index (χ4v) is 3.81. The van der Waals surface area contributed by atoms with E-state index in [1.807, 2.05) is 0 Å². The number of ketones is 2. The van der Waals surface area contributed by atoms with E-state index in [0.29, 0.717) is 12.1 Å². The Labute approximate surface area is 146 Å². The van der Waals surface area contributed by atoms with Gasteiger partial charge in [0.25, 0.3) is 5.91 Å². The van der Waals surface area contributed by atoms with Crippen LogP contribution in [-0.4, -0.2) is 61.6 Å². The Balaban J connectivity index is 1.84. The second kappa shape index (κ2) is 7.41. The van der Waals surface area contributed by atoms with Crippen LogP contribution in [-0.2, 0) is 14.4 Å². The molecule has 0 aromatic heterocycles. The minimum Gasteiger partial charge on any atom is -0.337 e. The summed E-state index contributed by atoms with van der Waals surface area (Å²) in [6.07, 6.45) is 0. The largest absolute Gasteiger partial charge is 0.337 e. The average Bonchev–Trinajstić information content (AvgIpc) is 2.86. The van der Waals surface area contributed by atoms with Gasteiger partial charge >= 0.3 is 0 Å². The highest BCUT2D eigenvalue weighted by molar-refractivity contribution is 6.42. The van der Waals surface area contributed by atoms with Crippen LogP contribution < -0.4 is 10.2 Å². The van der Waals surface area contributed by atoms with Gasteiger partial charge in [0, 0.05) is 0 Å².